The van der Waals surface area contributed by atoms with Crippen LogP contribution in [0.25, 0.3) is 0 Å². The Morgan fingerprint density at radius 2 is 2.22 bits per heavy atom. The molecule has 1 aliphatic rings. The molecule has 1 heterocycles. The second kappa shape index (κ2) is 11.7. The van der Waals surface area contributed by atoms with Gasteiger partial charge in [-0.15, -0.1) is 6.58 Å². The molecule has 27 heavy (non-hydrogen) atoms. The average Bonchev–Trinajstić information content (AvgIpc) is 2.68. The Bertz CT molecular complexity index is 602. The molecule has 2 rings (SSSR count). The number of guanidine groups is 1. The number of nitrogens with zero attached hydrogens (tertiary/aromatic N) is 3. The summed E-state index contributed by atoms with van der Waals surface area (Å²) in [6, 6.07) is 6.91. The molecule has 5 nitrogen and oxygen atoms in total. The average molecular weight is 377 g/mol. The third kappa shape index (κ3) is 6.96. The zero-order valence-corrected chi connectivity index (χ0v) is 16.7. The van der Waals surface area contributed by atoms with Gasteiger partial charge in [-0.1, -0.05) is 18.2 Å². The van der Waals surface area contributed by atoms with Crippen LogP contribution in [0.2, 0.25) is 0 Å². The Morgan fingerprint density at radius 3 is 2.89 bits per heavy atom. The van der Waals surface area contributed by atoms with Crippen molar-refractivity contribution >= 4 is 5.96 Å². The molecule has 1 aromatic carbocycles. The maximum Gasteiger partial charge on any atom is 0.193 e. The molecular formula is C21H33FN4O. The van der Waals surface area contributed by atoms with E-state index in [0.29, 0.717) is 19.8 Å². The number of unbranched alkanes of at least 4 members (excludes halogenated alkanes) is 1. The lowest BCUT2D eigenvalue weighted by atomic mass is 10.0. The van der Waals surface area contributed by atoms with Crippen molar-refractivity contribution < 1.29 is 9.13 Å². The van der Waals surface area contributed by atoms with E-state index in [1.807, 2.05) is 12.1 Å². The minimum atomic E-state index is -0.205. The van der Waals surface area contributed by atoms with Crippen LogP contribution in [0, 0.1) is 5.82 Å². The smallest absolute Gasteiger partial charge is 0.193 e. The van der Waals surface area contributed by atoms with Crippen LogP contribution in [0.1, 0.15) is 31.4 Å². The molecule has 0 aliphatic carbocycles. The summed E-state index contributed by atoms with van der Waals surface area (Å²) in [7, 11) is 2.05. The molecule has 1 unspecified atom stereocenters. The largest absolute Gasteiger partial charge is 0.379 e. The quantitative estimate of drug-likeness (QED) is 0.311. The highest BCUT2D eigenvalue weighted by molar-refractivity contribution is 5.79. The summed E-state index contributed by atoms with van der Waals surface area (Å²) in [6.07, 6.45) is 3.97. The molecule has 1 aromatic rings. The number of nitrogens with one attached hydrogen (secondary N) is 1. The number of morpholine rings is 1. The second-order valence-electron chi connectivity index (χ2n) is 6.77. The van der Waals surface area contributed by atoms with E-state index in [2.05, 4.69) is 35.7 Å². The van der Waals surface area contributed by atoms with Gasteiger partial charge in [0, 0.05) is 33.2 Å². The molecule has 6 heteroatoms. The topological polar surface area (TPSA) is 40.1 Å². The molecule has 1 atom stereocenters. The van der Waals surface area contributed by atoms with Gasteiger partial charge in [-0.2, -0.15) is 0 Å². The molecule has 0 amide bonds. The van der Waals surface area contributed by atoms with Crippen molar-refractivity contribution in [2.45, 2.75) is 25.8 Å². The predicted octanol–water partition coefficient (Wildman–Crippen LogP) is 3.06. The van der Waals surface area contributed by atoms with E-state index in [4.69, 9.17) is 9.73 Å². The van der Waals surface area contributed by atoms with Crippen LogP contribution in [0.4, 0.5) is 4.39 Å². The molecule has 1 aliphatic heterocycles. The van der Waals surface area contributed by atoms with Gasteiger partial charge in [-0.25, -0.2) is 4.39 Å². The van der Waals surface area contributed by atoms with Crippen LogP contribution in [0.15, 0.2) is 41.9 Å². The van der Waals surface area contributed by atoms with Gasteiger partial charge in [0.25, 0.3) is 0 Å². The number of ether oxygens (including phenoxy) is 1. The number of benzene rings is 1. The summed E-state index contributed by atoms with van der Waals surface area (Å²) >= 11 is 0. The highest BCUT2D eigenvalue weighted by atomic mass is 19.1. The van der Waals surface area contributed by atoms with E-state index in [1.165, 1.54) is 6.07 Å². The number of hydrogen-bond acceptors (Lipinski definition) is 3. The molecule has 0 bridgehead atoms. The first-order chi connectivity index (χ1) is 13.2. The molecule has 0 radical (unpaired) electrons. The van der Waals surface area contributed by atoms with Gasteiger partial charge in [-0.3, -0.25) is 9.89 Å². The minimum Gasteiger partial charge on any atom is -0.379 e. The van der Waals surface area contributed by atoms with Crippen molar-refractivity contribution in [2.24, 2.45) is 4.99 Å². The van der Waals surface area contributed by atoms with Gasteiger partial charge in [0.1, 0.15) is 5.82 Å². The normalized spacial score (nSPS) is 16.8. The minimum absolute atomic E-state index is 0.0415. The van der Waals surface area contributed by atoms with Crippen molar-refractivity contribution in [3.63, 3.8) is 0 Å². The van der Waals surface area contributed by atoms with Gasteiger partial charge in [0.2, 0.25) is 0 Å². The van der Waals surface area contributed by atoms with Gasteiger partial charge in [0.05, 0.1) is 25.8 Å². The molecule has 150 valence electrons. The van der Waals surface area contributed by atoms with Crippen LogP contribution >= 0.6 is 0 Å². The summed E-state index contributed by atoms with van der Waals surface area (Å²) in [4.78, 5) is 9.36. The first kappa shape index (κ1) is 21.4. The molecule has 1 fully saturated rings. The van der Waals surface area contributed by atoms with Gasteiger partial charge >= 0.3 is 0 Å². The fourth-order valence-electron chi connectivity index (χ4n) is 3.26. The molecule has 0 saturated carbocycles. The maximum atomic E-state index is 13.8. The zero-order valence-electron chi connectivity index (χ0n) is 16.7. The number of allylic oxidation sites excluding steroid dienone is 1. The molecule has 1 saturated heterocycles. The van der Waals surface area contributed by atoms with Crippen molar-refractivity contribution in [2.75, 3.05) is 53.0 Å². The standard InChI is InChI=1S/C21H33FN4O/c1-4-6-7-11-25(3)21(23-5-2)24-17-20(26-12-14-27-15-13-26)18-9-8-10-19(22)16-18/h4,8-10,16,20H,1,5-7,11-15,17H2,2-3H3,(H,23,24). The van der Waals surface area contributed by atoms with Crippen molar-refractivity contribution in [1.29, 1.82) is 0 Å². The van der Waals surface area contributed by atoms with Gasteiger partial charge in [-0.05, 0) is 37.5 Å². The highest BCUT2D eigenvalue weighted by Crippen LogP contribution is 2.23. The Hall–Kier alpha value is -1.92. The van der Waals surface area contributed by atoms with E-state index in [-0.39, 0.29) is 11.9 Å². The molecule has 0 aromatic heterocycles. The van der Waals surface area contributed by atoms with E-state index >= 15 is 0 Å². The molecule has 0 spiro atoms. The molecular weight excluding hydrogens is 343 g/mol. The van der Waals surface area contributed by atoms with E-state index in [0.717, 1.165) is 50.5 Å². The van der Waals surface area contributed by atoms with Gasteiger partial charge < -0.3 is 15.0 Å². The maximum absolute atomic E-state index is 13.8. The third-order valence-corrected chi connectivity index (χ3v) is 4.73. The fraction of sp³-hybridized carbons (Fsp3) is 0.571. The second-order valence-corrected chi connectivity index (χ2v) is 6.77. The predicted molar refractivity (Wildman–Crippen MR) is 110 cm³/mol. The monoisotopic (exact) mass is 376 g/mol. The Morgan fingerprint density at radius 1 is 1.44 bits per heavy atom. The van der Waals surface area contributed by atoms with E-state index in [1.54, 1.807) is 12.1 Å². The SMILES string of the molecule is C=CCCCN(C)C(=NCC(c1cccc(F)c1)N1CCOCC1)NCC. The Balaban J connectivity index is 2.15. The van der Waals surface area contributed by atoms with Crippen LogP contribution in [0.5, 0.6) is 0 Å². The van der Waals surface area contributed by atoms with Crippen LogP contribution in [-0.2, 0) is 4.74 Å². The Kier molecular flexibility index (Phi) is 9.28. The lowest BCUT2D eigenvalue weighted by molar-refractivity contribution is 0.0179. The summed E-state index contributed by atoms with van der Waals surface area (Å²) < 4.78 is 19.3. The lowest BCUT2D eigenvalue weighted by Crippen LogP contribution is -2.42. The summed E-state index contributed by atoms with van der Waals surface area (Å²) in [5.41, 5.74) is 0.964. The summed E-state index contributed by atoms with van der Waals surface area (Å²) in [5.74, 6) is 0.680. The van der Waals surface area contributed by atoms with E-state index in [9.17, 15) is 4.39 Å². The third-order valence-electron chi connectivity index (χ3n) is 4.73. The van der Waals surface area contributed by atoms with Crippen molar-refractivity contribution in [1.82, 2.24) is 15.1 Å². The first-order valence-electron chi connectivity index (χ1n) is 9.83. The highest BCUT2D eigenvalue weighted by Gasteiger charge is 2.23. The van der Waals surface area contributed by atoms with Crippen molar-refractivity contribution in [3.05, 3.63) is 48.3 Å². The number of rotatable bonds is 9. The summed E-state index contributed by atoms with van der Waals surface area (Å²) in [5, 5.41) is 3.36. The fourth-order valence-corrected chi connectivity index (χ4v) is 3.26. The number of halogens is 1. The van der Waals surface area contributed by atoms with Crippen LogP contribution < -0.4 is 5.32 Å². The zero-order chi connectivity index (χ0) is 19.5. The van der Waals surface area contributed by atoms with Crippen LogP contribution in [-0.4, -0.2) is 68.7 Å². The van der Waals surface area contributed by atoms with Gasteiger partial charge in [0.15, 0.2) is 5.96 Å². The number of aliphatic imine (C=N–C) groups is 1. The Labute approximate surface area is 162 Å². The van der Waals surface area contributed by atoms with Crippen LogP contribution in [0.3, 0.4) is 0 Å². The molecule has 1 N–H and O–H groups in total. The van der Waals surface area contributed by atoms with Crippen molar-refractivity contribution in [3.8, 4) is 0 Å². The summed E-state index contributed by atoms with van der Waals surface area (Å²) in [6.45, 7) is 11.2. The first-order valence-corrected chi connectivity index (χ1v) is 9.83. The lowest BCUT2D eigenvalue weighted by Gasteiger charge is -2.34. The number of hydrogen-bond donors (Lipinski definition) is 1. The van der Waals surface area contributed by atoms with E-state index < -0.39 is 0 Å².